The Morgan fingerprint density at radius 3 is 2.22 bits per heavy atom. The molecule has 0 aliphatic rings. The first-order valence-corrected chi connectivity index (χ1v) is 28.7. The quantitative estimate of drug-likeness (QED) is 0.00455. The number of methoxy groups -OCH3 is 1. The molecule has 0 saturated carbocycles. The smallest absolute Gasteiger partial charge is 0.296 e. The second-order valence-corrected chi connectivity index (χ2v) is 22.6. The zero-order valence-electron chi connectivity index (χ0n) is 39.2. The summed E-state index contributed by atoms with van der Waals surface area (Å²) in [6.45, 7) is 1.55. The van der Waals surface area contributed by atoms with Gasteiger partial charge in [-0.05, 0) is 61.5 Å². The molecule has 4 aromatic carbocycles. The van der Waals surface area contributed by atoms with Crippen molar-refractivity contribution in [1.29, 1.82) is 5.26 Å². The summed E-state index contributed by atoms with van der Waals surface area (Å²) in [4.78, 5) is 5.14. The molecule has 3 aromatic heterocycles. The van der Waals surface area contributed by atoms with E-state index >= 15 is 0 Å². The van der Waals surface area contributed by atoms with Gasteiger partial charge in [0.1, 0.15) is 45.0 Å². The summed E-state index contributed by atoms with van der Waals surface area (Å²) in [5.74, 6) is -0.654. The van der Waals surface area contributed by atoms with E-state index in [1.54, 1.807) is 29.2 Å². The highest BCUT2D eigenvalue weighted by atomic mass is 32.2. The number of azo groups is 3. The minimum atomic E-state index is -5.13. The Morgan fingerprint density at radius 2 is 1.51 bits per heavy atom. The normalized spacial score (nSPS) is 12.4. The molecule has 408 valence electrons. The number of nitrogens with zero attached hydrogens (tertiary/aromatic N) is 12. The van der Waals surface area contributed by atoms with Gasteiger partial charge in [0.2, 0.25) is 5.88 Å². The SMILES string of the molecule is COc1cc(N=Nc2c(SOOO)cc3cc(S(=O)(=O)O)c(N=Nc4c(C)c(C#N)c5nc6ccccc6n5c4O)cc3c2O)c(N(CCCSOOO)CCCS(=O)(=O)O)cc1N=Nc1nnc(SCCSOOO)s1. The topological polar surface area (TPSA) is 419 Å². The first-order chi connectivity index (χ1) is 37.0. The zero-order chi connectivity index (χ0) is 55.3. The molecule has 0 aliphatic heterocycles. The molecule has 30 nitrogen and oxygen atoms in total. The van der Waals surface area contributed by atoms with Crippen molar-refractivity contribution in [2.45, 2.75) is 33.9 Å². The highest BCUT2D eigenvalue weighted by molar-refractivity contribution is 8.02. The standard InChI is InChI=1S/C40H38N12O18S7/c1-21-24(20-41)37-42-25-7-3-4-8-29(25)52(37)38(54)34(21)46-45-28-17-23-22(16-33(28)77(61,62)63)15-32(75-70-67-57)35(36(23)53)47-43-26-19-31(64-2)27(44-48-39-49-50-40(74-39)71-12-13-73-69-66-56)18-30(26)51(9-5-11-72-68-65-55)10-6-14-76(58,59)60/h3-4,7-8,15-19,53-57H,5-6,9-14H2,1-2H3,(H,58,59,60)(H,61,62,63). The third-order valence-electron chi connectivity index (χ3n) is 10.4. The maximum atomic E-state index is 12.9. The van der Waals surface area contributed by atoms with Crippen LogP contribution in [-0.4, -0.2) is 115 Å². The van der Waals surface area contributed by atoms with Gasteiger partial charge >= 0.3 is 0 Å². The van der Waals surface area contributed by atoms with Crippen LogP contribution in [0.1, 0.15) is 24.0 Å². The van der Waals surface area contributed by atoms with Crippen molar-refractivity contribution in [2.75, 3.05) is 48.1 Å². The van der Waals surface area contributed by atoms with Crippen molar-refractivity contribution in [3.05, 3.63) is 65.7 Å². The van der Waals surface area contributed by atoms with Gasteiger partial charge in [-0.2, -0.15) is 22.1 Å². The maximum absolute atomic E-state index is 12.9. The summed E-state index contributed by atoms with van der Waals surface area (Å²) >= 11 is 4.32. The van der Waals surface area contributed by atoms with E-state index in [9.17, 15) is 41.4 Å². The molecule has 0 saturated heterocycles. The van der Waals surface area contributed by atoms with Crippen LogP contribution >= 0.6 is 59.2 Å². The zero-order valence-corrected chi connectivity index (χ0v) is 44.9. The number of hydrogen-bond donors (Lipinski definition) is 7. The van der Waals surface area contributed by atoms with Gasteiger partial charge in [0.15, 0.2) is 21.4 Å². The van der Waals surface area contributed by atoms with E-state index in [0.717, 1.165) is 47.6 Å². The molecule has 37 heteroatoms. The number of pyridine rings is 1. The monoisotopic (exact) mass is 1200 g/mol. The lowest BCUT2D eigenvalue weighted by atomic mass is 10.1. The lowest BCUT2D eigenvalue weighted by Crippen LogP contribution is -2.27. The van der Waals surface area contributed by atoms with E-state index in [4.69, 9.17) is 24.8 Å². The summed E-state index contributed by atoms with van der Waals surface area (Å²) in [5.41, 5.74) is 0.162. The highest BCUT2D eigenvalue weighted by Gasteiger charge is 2.25. The van der Waals surface area contributed by atoms with E-state index in [1.807, 2.05) is 6.07 Å². The predicted octanol–water partition coefficient (Wildman–Crippen LogP) is 10.7. The molecule has 0 amide bonds. The van der Waals surface area contributed by atoms with E-state index in [0.29, 0.717) is 45.3 Å². The van der Waals surface area contributed by atoms with Crippen LogP contribution in [0.2, 0.25) is 0 Å². The number of ether oxygens (including phenoxy) is 1. The first-order valence-electron chi connectivity index (χ1n) is 21.3. The Bertz CT molecular complexity index is 3640. The van der Waals surface area contributed by atoms with Crippen LogP contribution in [-0.2, 0) is 48.4 Å². The summed E-state index contributed by atoms with van der Waals surface area (Å²) in [6, 6.07) is 14.8. The number of aromatic nitrogens is 4. The average molecular weight is 1200 g/mol. The van der Waals surface area contributed by atoms with E-state index in [1.165, 1.54) is 48.4 Å². The molecule has 7 N–H and O–H groups in total. The summed E-state index contributed by atoms with van der Waals surface area (Å²) < 4.78 is 90.6. The van der Waals surface area contributed by atoms with Crippen LogP contribution in [0.25, 0.3) is 27.5 Å². The third-order valence-corrected chi connectivity index (χ3v) is 16.1. The molecule has 0 atom stereocenters. The molecule has 0 radical (unpaired) electrons. The van der Waals surface area contributed by atoms with Gasteiger partial charge in [0.05, 0.1) is 46.5 Å². The first kappa shape index (κ1) is 58.7. The number of phenols is 1. The number of para-hydroxylation sites is 2. The minimum absolute atomic E-state index is 0.0150. The molecule has 7 aromatic rings. The van der Waals surface area contributed by atoms with Crippen molar-refractivity contribution >= 4 is 146 Å². The minimum Gasteiger partial charge on any atom is -0.505 e. The van der Waals surface area contributed by atoms with Crippen molar-refractivity contribution in [3.8, 4) is 23.4 Å². The highest BCUT2D eigenvalue weighted by Crippen LogP contribution is 2.48. The number of anilines is 1. The van der Waals surface area contributed by atoms with Gasteiger partial charge in [0, 0.05) is 71.4 Å². The van der Waals surface area contributed by atoms with E-state index in [-0.39, 0.29) is 91.3 Å². The number of benzene rings is 4. The lowest BCUT2D eigenvalue weighted by molar-refractivity contribution is -0.432. The molecule has 0 bridgehead atoms. The van der Waals surface area contributed by atoms with Gasteiger partial charge in [-0.25, -0.2) is 20.8 Å². The van der Waals surface area contributed by atoms with Crippen LogP contribution in [0.4, 0.5) is 39.3 Å². The number of fused-ring (bicyclic) bond motifs is 4. The van der Waals surface area contributed by atoms with Gasteiger partial charge in [0.25, 0.3) is 25.4 Å². The Balaban J connectivity index is 1.35. The fraction of sp³-hybridized carbons (Fsp3) is 0.250. The van der Waals surface area contributed by atoms with Gasteiger partial charge < -0.3 is 19.8 Å². The summed E-state index contributed by atoms with van der Waals surface area (Å²) in [6.07, 6.45) is 0.181. The van der Waals surface area contributed by atoms with Crippen LogP contribution in [0.15, 0.2) is 99.4 Å². The second kappa shape index (κ2) is 27.0. The summed E-state index contributed by atoms with van der Waals surface area (Å²) in [5, 5.41) is 104. The maximum Gasteiger partial charge on any atom is 0.296 e. The third kappa shape index (κ3) is 14.8. The summed E-state index contributed by atoms with van der Waals surface area (Å²) in [7, 11) is -8.24. The van der Waals surface area contributed by atoms with E-state index < -0.39 is 53.9 Å². The molecule has 3 heterocycles. The Kier molecular flexibility index (Phi) is 20.6. The molecular formula is C40H38N12O18S7. The van der Waals surface area contributed by atoms with Crippen molar-refractivity contribution < 1.29 is 84.8 Å². The molecule has 77 heavy (non-hydrogen) atoms. The number of rotatable bonds is 28. The number of phenolic OH excluding ortho intramolecular Hbond substituents is 1. The predicted molar refractivity (Wildman–Crippen MR) is 278 cm³/mol. The van der Waals surface area contributed by atoms with Gasteiger partial charge in [-0.1, -0.05) is 50.3 Å². The number of nitriles is 1. The second-order valence-electron chi connectivity index (χ2n) is 15.1. The number of thioether (sulfide) groups is 1. The van der Waals surface area contributed by atoms with Crippen molar-refractivity contribution in [3.63, 3.8) is 0 Å². The largest absolute Gasteiger partial charge is 0.505 e. The fourth-order valence-electron chi connectivity index (χ4n) is 7.19. The van der Waals surface area contributed by atoms with Gasteiger partial charge in [-0.15, -0.1) is 53.9 Å². The average Bonchev–Trinajstić information content (AvgIpc) is 4.04. The molecule has 0 spiro atoms. The molecular weight excluding hydrogens is 1160 g/mol. The molecule has 0 aliphatic carbocycles. The number of imidazole rings is 1. The van der Waals surface area contributed by atoms with Crippen molar-refractivity contribution in [1.82, 2.24) is 19.6 Å². The van der Waals surface area contributed by atoms with Crippen LogP contribution < -0.4 is 9.64 Å². The fourth-order valence-corrected chi connectivity index (χ4v) is 11.3. The molecule has 0 unspecified atom stereocenters. The number of aromatic hydroxyl groups is 2. The number of hydrogen-bond acceptors (Lipinski definition) is 32. The van der Waals surface area contributed by atoms with Crippen LogP contribution in [0.5, 0.6) is 17.4 Å². The van der Waals surface area contributed by atoms with Crippen LogP contribution in [0, 0.1) is 18.3 Å². The Hall–Kier alpha value is -6.00. The van der Waals surface area contributed by atoms with E-state index in [2.05, 4.69) is 69.6 Å². The Labute approximate surface area is 455 Å². The Morgan fingerprint density at radius 1 is 0.805 bits per heavy atom. The molecule has 0 fully saturated rings. The molecule has 7 rings (SSSR count). The van der Waals surface area contributed by atoms with Crippen molar-refractivity contribution in [2.24, 2.45) is 30.7 Å². The van der Waals surface area contributed by atoms with Crippen LogP contribution in [0.3, 0.4) is 0 Å². The van der Waals surface area contributed by atoms with Gasteiger partial charge in [-0.3, -0.25) is 13.5 Å². The lowest BCUT2D eigenvalue weighted by Gasteiger charge is -2.26.